The van der Waals surface area contributed by atoms with Crippen LogP contribution in [-0.2, 0) is 10.0 Å². The lowest BCUT2D eigenvalue weighted by atomic mass is 10.1. The second kappa shape index (κ2) is 6.09. The van der Waals surface area contributed by atoms with Crippen molar-refractivity contribution in [1.82, 2.24) is 13.9 Å². The molecule has 0 radical (unpaired) electrons. The summed E-state index contributed by atoms with van der Waals surface area (Å²) in [7, 11) is -3.41. The van der Waals surface area contributed by atoms with Crippen molar-refractivity contribution in [3.63, 3.8) is 0 Å². The molecule has 6 heteroatoms. The zero-order valence-corrected chi connectivity index (χ0v) is 14.6. The van der Waals surface area contributed by atoms with Crippen molar-refractivity contribution in [2.75, 3.05) is 13.1 Å². The second-order valence-electron chi connectivity index (χ2n) is 6.38. The number of benzene rings is 1. The Morgan fingerprint density at radius 2 is 1.91 bits per heavy atom. The molecule has 5 nitrogen and oxygen atoms in total. The summed E-state index contributed by atoms with van der Waals surface area (Å²) < 4.78 is 29.3. The quantitative estimate of drug-likeness (QED) is 0.864. The number of hydrogen-bond acceptors (Lipinski definition) is 3. The van der Waals surface area contributed by atoms with Crippen LogP contribution in [0.3, 0.4) is 0 Å². The van der Waals surface area contributed by atoms with E-state index in [2.05, 4.69) is 23.4 Å². The molecule has 0 aliphatic carbocycles. The van der Waals surface area contributed by atoms with Gasteiger partial charge in [-0.3, -0.25) is 0 Å². The third-order valence-electron chi connectivity index (χ3n) is 4.42. The SMILES string of the molecule is Cc1cnc(C2CCN(S(=O)(=O)c3ccccc3)C2)n1C(C)C. The van der Waals surface area contributed by atoms with E-state index < -0.39 is 10.0 Å². The lowest BCUT2D eigenvalue weighted by molar-refractivity contribution is 0.464. The molecule has 1 unspecified atom stereocenters. The largest absolute Gasteiger partial charge is 0.330 e. The van der Waals surface area contributed by atoms with E-state index in [1.807, 2.05) is 19.2 Å². The summed E-state index contributed by atoms with van der Waals surface area (Å²) in [6.45, 7) is 7.35. The molecule has 3 rings (SSSR count). The van der Waals surface area contributed by atoms with Gasteiger partial charge in [0.2, 0.25) is 10.0 Å². The number of imidazole rings is 1. The predicted octanol–water partition coefficient (Wildman–Crippen LogP) is 2.95. The molecular weight excluding hydrogens is 310 g/mol. The maximum Gasteiger partial charge on any atom is 0.243 e. The van der Waals surface area contributed by atoms with Crippen LogP contribution in [0.1, 0.15) is 43.7 Å². The van der Waals surface area contributed by atoms with E-state index in [4.69, 9.17) is 0 Å². The van der Waals surface area contributed by atoms with Gasteiger partial charge < -0.3 is 4.57 Å². The minimum absolute atomic E-state index is 0.157. The molecule has 0 saturated carbocycles. The zero-order valence-electron chi connectivity index (χ0n) is 13.8. The molecule has 0 spiro atoms. The molecule has 1 aliphatic rings. The van der Waals surface area contributed by atoms with Crippen LogP contribution in [0.25, 0.3) is 0 Å². The smallest absolute Gasteiger partial charge is 0.243 e. The van der Waals surface area contributed by atoms with Crippen LogP contribution in [-0.4, -0.2) is 35.4 Å². The summed E-state index contributed by atoms with van der Waals surface area (Å²) in [6, 6.07) is 8.98. The molecule has 0 amide bonds. The molecule has 2 aromatic rings. The minimum atomic E-state index is -3.41. The Morgan fingerprint density at radius 3 is 2.57 bits per heavy atom. The summed E-state index contributed by atoms with van der Waals surface area (Å²) in [4.78, 5) is 4.91. The highest BCUT2D eigenvalue weighted by Gasteiger charge is 2.35. The van der Waals surface area contributed by atoms with E-state index in [0.717, 1.165) is 17.9 Å². The average Bonchev–Trinajstić information content (AvgIpc) is 3.14. The first-order chi connectivity index (χ1) is 10.9. The van der Waals surface area contributed by atoms with Crippen molar-refractivity contribution < 1.29 is 8.42 Å². The van der Waals surface area contributed by atoms with Crippen molar-refractivity contribution in [3.8, 4) is 0 Å². The van der Waals surface area contributed by atoms with Crippen LogP contribution in [0.5, 0.6) is 0 Å². The number of nitrogens with zero attached hydrogens (tertiary/aromatic N) is 3. The Hall–Kier alpha value is -1.66. The van der Waals surface area contributed by atoms with Gasteiger partial charge in [0, 0.05) is 36.9 Å². The molecule has 2 heterocycles. The fourth-order valence-electron chi connectivity index (χ4n) is 3.34. The van der Waals surface area contributed by atoms with Crippen molar-refractivity contribution in [2.45, 2.75) is 44.0 Å². The molecule has 1 aliphatic heterocycles. The van der Waals surface area contributed by atoms with E-state index in [0.29, 0.717) is 24.0 Å². The first-order valence-corrected chi connectivity index (χ1v) is 9.44. The highest BCUT2D eigenvalue weighted by molar-refractivity contribution is 7.89. The molecule has 1 aromatic heterocycles. The second-order valence-corrected chi connectivity index (χ2v) is 8.32. The van der Waals surface area contributed by atoms with Crippen LogP contribution in [0, 0.1) is 6.92 Å². The van der Waals surface area contributed by atoms with Gasteiger partial charge >= 0.3 is 0 Å². The van der Waals surface area contributed by atoms with Gasteiger partial charge in [-0.05, 0) is 39.3 Å². The van der Waals surface area contributed by atoms with Gasteiger partial charge in [0.1, 0.15) is 5.82 Å². The van der Waals surface area contributed by atoms with Crippen LogP contribution in [0.2, 0.25) is 0 Å². The molecule has 1 atom stereocenters. The molecule has 1 aromatic carbocycles. The summed E-state index contributed by atoms with van der Waals surface area (Å²) >= 11 is 0. The number of rotatable bonds is 4. The summed E-state index contributed by atoms with van der Waals surface area (Å²) in [5.74, 6) is 1.16. The van der Waals surface area contributed by atoms with Crippen molar-refractivity contribution in [3.05, 3.63) is 48.0 Å². The Kier molecular flexibility index (Phi) is 4.29. The first-order valence-electron chi connectivity index (χ1n) is 8.00. The predicted molar refractivity (Wildman–Crippen MR) is 89.9 cm³/mol. The van der Waals surface area contributed by atoms with Crippen LogP contribution in [0.15, 0.2) is 41.4 Å². The average molecular weight is 333 g/mol. The maximum absolute atomic E-state index is 12.7. The van der Waals surface area contributed by atoms with Gasteiger partial charge in [-0.1, -0.05) is 18.2 Å². The first kappa shape index (κ1) is 16.2. The summed E-state index contributed by atoms with van der Waals surface area (Å²) in [6.07, 6.45) is 2.69. The summed E-state index contributed by atoms with van der Waals surface area (Å²) in [5, 5.41) is 0. The van der Waals surface area contributed by atoms with E-state index in [9.17, 15) is 8.42 Å². The maximum atomic E-state index is 12.7. The third-order valence-corrected chi connectivity index (χ3v) is 6.30. The molecule has 0 bridgehead atoms. The highest BCUT2D eigenvalue weighted by Crippen LogP contribution is 2.32. The molecule has 1 fully saturated rings. The molecule has 1 saturated heterocycles. The van der Waals surface area contributed by atoms with Gasteiger partial charge in [-0.2, -0.15) is 4.31 Å². The zero-order chi connectivity index (χ0) is 16.6. The number of aryl methyl sites for hydroxylation is 1. The minimum Gasteiger partial charge on any atom is -0.330 e. The van der Waals surface area contributed by atoms with Crippen LogP contribution >= 0.6 is 0 Å². The Labute approximate surface area is 138 Å². The van der Waals surface area contributed by atoms with Crippen molar-refractivity contribution in [1.29, 1.82) is 0 Å². The van der Waals surface area contributed by atoms with Gasteiger partial charge in [-0.15, -0.1) is 0 Å². The van der Waals surface area contributed by atoms with Gasteiger partial charge in [-0.25, -0.2) is 13.4 Å². The number of hydrogen-bond donors (Lipinski definition) is 0. The lowest BCUT2D eigenvalue weighted by Crippen LogP contribution is -2.29. The van der Waals surface area contributed by atoms with Crippen molar-refractivity contribution in [2.24, 2.45) is 0 Å². The van der Waals surface area contributed by atoms with E-state index >= 15 is 0 Å². The fraction of sp³-hybridized carbons (Fsp3) is 0.471. The third kappa shape index (κ3) is 2.93. The molecule has 124 valence electrons. The molecular formula is C17H23N3O2S. The molecule has 0 N–H and O–H groups in total. The van der Waals surface area contributed by atoms with Crippen LogP contribution < -0.4 is 0 Å². The Balaban J connectivity index is 1.85. The normalized spacial score (nSPS) is 19.6. The summed E-state index contributed by atoms with van der Waals surface area (Å²) in [5.41, 5.74) is 1.12. The topological polar surface area (TPSA) is 55.2 Å². The van der Waals surface area contributed by atoms with Gasteiger partial charge in [0.25, 0.3) is 0 Å². The van der Waals surface area contributed by atoms with Gasteiger partial charge in [0.15, 0.2) is 0 Å². The van der Waals surface area contributed by atoms with E-state index in [1.54, 1.807) is 28.6 Å². The monoisotopic (exact) mass is 333 g/mol. The number of aromatic nitrogens is 2. The van der Waals surface area contributed by atoms with Crippen molar-refractivity contribution >= 4 is 10.0 Å². The Bertz CT molecular complexity index is 781. The standard InChI is InChI=1S/C17H23N3O2S/c1-13(2)20-14(3)11-18-17(20)15-9-10-19(12-15)23(21,22)16-7-5-4-6-8-16/h4-8,11,13,15H,9-10,12H2,1-3H3. The Morgan fingerprint density at radius 1 is 1.22 bits per heavy atom. The van der Waals surface area contributed by atoms with Crippen LogP contribution in [0.4, 0.5) is 0 Å². The van der Waals surface area contributed by atoms with E-state index in [-0.39, 0.29) is 5.92 Å². The van der Waals surface area contributed by atoms with E-state index in [1.165, 1.54) is 0 Å². The molecule has 23 heavy (non-hydrogen) atoms. The lowest BCUT2D eigenvalue weighted by Gasteiger charge is -2.19. The highest BCUT2D eigenvalue weighted by atomic mass is 32.2. The van der Waals surface area contributed by atoms with Gasteiger partial charge in [0.05, 0.1) is 4.90 Å². The fourth-order valence-corrected chi connectivity index (χ4v) is 4.86. The number of sulfonamides is 1.